The Kier molecular flexibility index (Phi) is 6.98. The lowest BCUT2D eigenvalue weighted by Crippen LogP contribution is -2.41. The molecule has 1 aliphatic carbocycles. The van der Waals surface area contributed by atoms with E-state index < -0.39 is 0 Å². The average Bonchev–Trinajstić information content (AvgIpc) is 2.88. The highest BCUT2D eigenvalue weighted by molar-refractivity contribution is 6.24. The van der Waals surface area contributed by atoms with E-state index in [4.69, 9.17) is 4.99 Å². The number of nitrogens with zero attached hydrogens (tertiary/aromatic N) is 3. The van der Waals surface area contributed by atoms with E-state index in [1.165, 1.54) is 27.3 Å². The minimum Gasteiger partial charge on any atom is -0.265 e. The predicted molar refractivity (Wildman–Crippen MR) is 140 cm³/mol. The molecule has 1 aromatic carbocycles. The minimum absolute atomic E-state index is 0.303. The van der Waals surface area contributed by atoms with Crippen LogP contribution in [0, 0.1) is 11.8 Å². The van der Waals surface area contributed by atoms with Gasteiger partial charge in [-0.3, -0.25) is 15.0 Å². The summed E-state index contributed by atoms with van der Waals surface area (Å²) in [4.78, 5) is 13.9. The van der Waals surface area contributed by atoms with Gasteiger partial charge in [-0.1, -0.05) is 57.0 Å². The van der Waals surface area contributed by atoms with E-state index in [1.54, 1.807) is 0 Å². The van der Waals surface area contributed by atoms with Crippen LogP contribution in [0.3, 0.4) is 0 Å². The molecule has 2 heterocycles. The van der Waals surface area contributed by atoms with Crippen molar-refractivity contribution in [3.05, 3.63) is 94.9 Å². The fourth-order valence-corrected chi connectivity index (χ4v) is 4.94. The molecule has 0 amide bonds. The summed E-state index contributed by atoms with van der Waals surface area (Å²) in [6.07, 6.45) is 9.51. The lowest BCUT2D eigenvalue weighted by atomic mass is 9.74. The Labute approximate surface area is 197 Å². The molecular formula is C30H33N3. The summed E-state index contributed by atoms with van der Waals surface area (Å²) < 4.78 is 0. The summed E-state index contributed by atoms with van der Waals surface area (Å²) >= 11 is 0. The lowest BCUT2D eigenvalue weighted by Gasteiger charge is -2.31. The maximum Gasteiger partial charge on any atom is 0.0741 e. The molecule has 168 valence electrons. The standard InChI is InChI=1S/C30H33N3/c1-6-20(3)28-25(7-2)27-11-9-8-10-26(27)22(5)30(28)33-29(24-14-18-32-19-15-24)21(4)23-12-16-31-17-13-23/h8-20,28H,6-7H2,1-5H3/b29-21+,33-30?. The van der Waals surface area contributed by atoms with Gasteiger partial charge in [-0.2, -0.15) is 0 Å². The molecular weight excluding hydrogens is 402 g/mol. The maximum absolute atomic E-state index is 5.50. The van der Waals surface area contributed by atoms with Crippen molar-refractivity contribution in [1.29, 1.82) is 0 Å². The summed E-state index contributed by atoms with van der Waals surface area (Å²) in [6.45, 7) is 11.3. The first-order chi connectivity index (χ1) is 16.1. The van der Waals surface area contributed by atoms with E-state index in [2.05, 4.69) is 93.1 Å². The Balaban J connectivity index is 2.05. The van der Waals surface area contributed by atoms with Gasteiger partial charge < -0.3 is 0 Å². The van der Waals surface area contributed by atoms with Gasteiger partial charge in [0.25, 0.3) is 0 Å². The van der Waals surface area contributed by atoms with Gasteiger partial charge in [0.15, 0.2) is 0 Å². The highest BCUT2D eigenvalue weighted by atomic mass is 14.8. The Morgan fingerprint density at radius 2 is 1.45 bits per heavy atom. The van der Waals surface area contributed by atoms with Crippen LogP contribution in [-0.4, -0.2) is 15.7 Å². The monoisotopic (exact) mass is 435 g/mol. The van der Waals surface area contributed by atoms with E-state index in [0.29, 0.717) is 11.8 Å². The molecule has 3 aromatic rings. The number of pyridine rings is 2. The first-order valence-corrected chi connectivity index (χ1v) is 12.0. The summed E-state index contributed by atoms with van der Waals surface area (Å²) in [5.41, 5.74) is 8.33. The molecule has 3 nitrogen and oxygen atoms in total. The van der Waals surface area contributed by atoms with E-state index >= 15 is 0 Å². The fraction of sp³-hybridized carbons (Fsp3) is 0.300. The number of hydrogen-bond acceptors (Lipinski definition) is 3. The Hall–Kier alpha value is -3.33. The smallest absolute Gasteiger partial charge is 0.0741 e. The highest BCUT2D eigenvalue weighted by Gasteiger charge is 2.30. The van der Waals surface area contributed by atoms with E-state index in [1.807, 2.05) is 24.8 Å². The van der Waals surface area contributed by atoms with Crippen LogP contribution >= 0.6 is 0 Å². The number of fused-ring (bicyclic) bond motifs is 1. The second kappa shape index (κ2) is 10.1. The molecule has 0 spiro atoms. The molecule has 3 heteroatoms. The zero-order valence-electron chi connectivity index (χ0n) is 20.3. The average molecular weight is 436 g/mol. The van der Waals surface area contributed by atoms with E-state index in [9.17, 15) is 0 Å². The molecule has 2 unspecified atom stereocenters. The topological polar surface area (TPSA) is 38.1 Å². The summed E-state index contributed by atoms with van der Waals surface area (Å²) in [5, 5.41) is 2.70. The van der Waals surface area contributed by atoms with Crippen molar-refractivity contribution < 1.29 is 0 Å². The van der Waals surface area contributed by atoms with Crippen LogP contribution in [0.25, 0.3) is 22.4 Å². The quantitative estimate of drug-likeness (QED) is 0.482. The van der Waals surface area contributed by atoms with Crippen molar-refractivity contribution in [2.45, 2.75) is 47.5 Å². The van der Waals surface area contributed by atoms with Gasteiger partial charge in [-0.05, 0) is 77.6 Å². The number of hydrogen-bond donors (Lipinski definition) is 0. The SMILES string of the molecule is CCC1=c2ccccc2=C(C)C(=N/C(=C(\C)c2ccncc2)c2ccncc2)C1C(C)CC. The van der Waals surface area contributed by atoms with Crippen LogP contribution in [0.15, 0.2) is 78.3 Å². The molecule has 0 saturated carbocycles. The first-order valence-electron chi connectivity index (χ1n) is 12.0. The third-order valence-corrected chi connectivity index (χ3v) is 6.98. The van der Waals surface area contributed by atoms with Gasteiger partial charge in [0, 0.05) is 36.3 Å². The van der Waals surface area contributed by atoms with E-state index in [0.717, 1.165) is 35.2 Å². The maximum atomic E-state index is 5.50. The van der Waals surface area contributed by atoms with Crippen molar-refractivity contribution in [3.63, 3.8) is 0 Å². The summed E-state index contributed by atoms with van der Waals surface area (Å²) in [5.74, 6) is 0.805. The second-order valence-electron chi connectivity index (χ2n) is 8.86. The van der Waals surface area contributed by atoms with Crippen LogP contribution in [0.2, 0.25) is 0 Å². The molecule has 0 radical (unpaired) electrons. The lowest BCUT2D eigenvalue weighted by molar-refractivity contribution is 0.507. The molecule has 2 atom stereocenters. The number of aromatic nitrogens is 2. The number of aliphatic imine (C=N–C) groups is 1. The Bertz CT molecular complexity index is 1300. The molecule has 2 aromatic heterocycles. The van der Waals surface area contributed by atoms with E-state index in [-0.39, 0.29) is 0 Å². The van der Waals surface area contributed by atoms with Crippen LogP contribution in [-0.2, 0) is 0 Å². The summed E-state index contributed by atoms with van der Waals surface area (Å²) in [7, 11) is 0. The molecule has 33 heavy (non-hydrogen) atoms. The van der Waals surface area contributed by atoms with Crippen LogP contribution in [0.1, 0.15) is 58.6 Å². The van der Waals surface area contributed by atoms with Gasteiger partial charge in [-0.15, -0.1) is 0 Å². The van der Waals surface area contributed by atoms with Crippen LogP contribution in [0.4, 0.5) is 0 Å². The van der Waals surface area contributed by atoms with Crippen molar-refractivity contribution in [3.8, 4) is 0 Å². The van der Waals surface area contributed by atoms with Gasteiger partial charge in [0.1, 0.15) is 0 Å². The Morgan fingerprint density at radius 3 is 2.03 bits per heavy atom. The molecule has 0 N–H and O–H groups in total. The van der Waals surface area contributed by atoms with Gasteiger partial charge in [0.2, 0.25) is 0 Å². The van der Waals surface area contributed by atoms with Gasteiger partial charge in [0.05, 0.1) is 11.4 Å². The highest BCUT2D eigenvalue weighted by Crippen LogP contribution is 2.35. The third-order valence-electron chi connectivity index (χ3n) is 6.98. The normalized spacial score (nSPS) is 18.7. The number of allylic oxidation sites excluding steroid dienone is 1. The molecule has 0 bridgehead atoms. The van der Waals surface area contributed by atoms with Gasteiger partial charge in [-0.25, -0.2) is 0 Å². The number of rotatable bonds is 6. The molecule has 1 aliphatic rings. The van der Waals surface area contributed by atoms with Crippen LogP contribution in [0.5, 0.6) is 0 Å². The van der Waals surface area contributed by atoms with Crippen molar-refractivity contribution in [2.24, 2.45) is 16.8 Å². The predicted octanol–water partition coefficient (Wildman–Crippen LogP) is 5.91. The molecule has 0 fully saturated rings. The largest absolute Gasteiger partial charge is 0.265 e. The fourth-order valence-electron chi connectivity index (χ4n) is 4.94. The number of benzene rings is 1. The second-order valence-corrected chi connectivity index (χ2v) is 8.86. The minimum atomic E-state index is 0.303. The zero-order chi connectivity index (χ0) is 23.4. The van der Waals surface area contributed by atoms with Gasteiger partial charge >= 0.3 is 0 Å². The summed E-state index contributed by atoms with van der Waals surface area (Å²) in [6, 6.07) is 17.0. The van der Waals surface area contributed by atoms with Crippen LogP contribution < -0.4 is 10.4 Å². The van der Waals surface area contributed by atoms with Crippen molar-refractivity contribution in [2.75, 3.05) is 0 Å². The molecule has 0 aliphatic heterocycles. The zero-order valence-corrected chi connectivity index (χ0v) is 20.3. The molecule has 0 saturated heterocycles. The molecule has 4 rings (SSSR count). The van der Waals surface area contributed by atoms with Crippen molar-refractivity contribution >= 4 is 28.1 Å². The Morgan fingerprint density at radius 1 is 0.879 bits per heavy atom. The third kappa shape index (κ3) is 4.45. The first kappa shape index (κ1) is 22.8. The van der Waals surface area contributed by atoms with Crippen molar-refractivity contribution in [1.82, 2.24) is 9.97 Å².